The highest BCUT2D eigenvalue weighted by molar-refractivity contribution is 6.25. The van der Waals surface area contributed by atoms with Gasteiger partial charge in [-0.15, -0.1) is 0 Å². The van der Waals surface area contributed by atoms with Gasteiger partial charge in [0.2, 0.25) is 0 Å². The van der Waals surface area contributed by atoms with Crippen molar-refractivity contribution in [3.8, 4) is 0 Å². The molecule has 2 aromatic rings. The van der Waals surface area contributed by atoms with Crippen molar-refractivity contribution in [2.24, 2.45) is 0 Å². The van der Waals surface area contributed by atoms with Gasteiger partial charge in [0, 0.05) is 12.8 Å². The lowest BCUT2D eigenvalue weighted by molar-refractivity contribution is -0.135. The number of rotatable bonds is 6. The summed E-state index contributed by atoms with van der Waals surface area (Å²) in [7, 11) is 0. The smallest absolute Gasteiger partial charge is 0.336 e. The summed E-state index contributed by atoms with van der Waals surface area (Å²) in [5, 5.41) is 20.4. The Morgan fingerprint density at radius 1 is 0.913 bits per heavy atom. The molecule has 5 heteroatoms. The van der Waals surface area contributed by atoms with Crippen LogP contribution in [0.2, 0.25) is 0 Å². The van der Waals surface area contributed by atoms with Gasteiger partial charge >= 0.3 is 11.9 Å². The molecule has 0 unspecified atom stereocenters. The predicted molar refractivity (Wildman–Crippen MR) is 86.1 cm³/mol. The lowest BCUT2D eigenvalue weighted by atomic mass is 9.92. The summed E-state index contributed by atoms with van der Waals surface area (Å²) < 4.78 is 0. The third kappa shape index (κ3) is 3.45. The van der Waals surface area contributed by atoms with E-state index in [2.05, 4.69) is 0 Å². The van der Waals surface area contributed by atoms with Crippen LogP contribution in [0.5, 0.6) is 0 Å². The second-order valence-corrected chi connectivity index (χ2v) is 5.06. The molecule has 0 aliphatic rings. The number of aliphatic carboxylic acids is 2. The zero-order valence-corrected chi connectivity index (χ0v) is 12.6. The molecule has 0 saturated heterocycles. The standard InChI is InChI=1S/C18H16O5/c1-2-12(19)10-15(17(20)21)16(18(22)23)14-9-5-7-11-6-3-4-8-13(11)14/h3-9H,2,10H2,1H3,(H,20,21)(H,22,23)/b16-15+. The largest absolute Gasteiger partial charge is 0.478 e. The van der Waals surface area contributed by atoms with Crippen molar-refractivity contribution in [1.82, 2.24) is 0 Å². The molecule has 0 aliphatic heterocycles. The number of hydrogen-bond donors (Lipinski definition) is 2. The Hall–Kier alpha value is -2.95. The summed E-state index contributed by atoms with van der Waals surface area (Å²) in [5.41, 5.74) is -0.422. The summed E-state index contributed by atoms with van der Waals surface area (Å²) in [5.74, 6) is -3.07. The average molecular weight is 312 g/mol. The van der Waals surface area contributed by atoms with Crippen molar-refractivity contribution in [3.05, 3.63) is 53.6 Å². The highest BCUT2D eigenvalue weighted by Crippen LogP contribution is 2.29. The van der Waals surface area contributed by atoms with E-state index in [1.54, 1.807) is 31.2 Å². The minimum atomic E-state index is -1.39. The molecule has 118 valence electrons. The van der Waals surface area contributed by atoms with E-state index < -0.39 is 18.4 Å². The molecule has 0 aliphatic carbocycles. The third-order valence-corrected chi connectivity index (χ3v) is 3.60. The van der Waals surface area contributed by atoms with Crippen molar-refractivity contribution in [3.63, 3.8) is 0 Å². The van der Waals surface area contributed by atoms with Crippen LogP contribution in [0.1, 0.15) is 25.3 Å². The molecule has 23 heavy (non-hydrogen) atoms. The zero-order chi connectivity index (χ0) is 17.0. The molecule has 0 fully saturated rings. The van der Waals surface area contributed by atoms with Gasteiger partial charge in [-0.1, -0.05) is 49.4 Å². The molecule has 2 N–H and O–H groups in total. The fourth-order valence-corrected chi connectivity index (χ4v) is 2.44. The van der Waals surface area contributed by atoms with E-state index in [4.69, 9.17) is 0 Å². The van der Waals surface area contributed by atoms with E-state index >= 15 is 0 Å². The van der Waals surface area contributed by atoms with Crippen molar-refractivity contribution in [1.29, 1.82) is 0 Å². The molecule has 0 amide bonds. The first kappa shape index (κ1) is 16.4. The number of fused-ring (bicyclic) bond motifs is 1. The topological polar surface area (TPSA) is 91.7 Å². The maximum atomic E-state index is 11.7. The third-order valence-electron chi connectivity index (χ3n) is 3.60. The Morgan fingerprint density at radius 2 is 1.57 bits per heavy atom. The fraction of sp³-hybridized carbons (Fsp3) is 0.167. The minimum absolute atomic E-state index is 0.152. The molecule has 0 bridgehead atoms. The number of carboxylic acid groups (broad SMARTS) is 2. The first-order valence-electron chi connectivity index (χ1n) is 7.15. The quantitative estimate of drug-likeness (QED) is 0.800. The lowest BCUT2D eigenvalue weighted by Crippen LogP contribution is -2.14. The van der Waals surface area contributed by atoms with E-state index in [9.17, 15) is 24.6 Å². The molecule has 0 saturated carbocycles. The van der Waals surface area contributed by atoms with Crippen LogP contribution < -0.4 is 0 Å². The Morgan fingerprint density at radius 3 is 2.17 bits per heavy atom. The van der Waals surface area contributed by atoms with E-state index in [0.29, 0.717) is 10.9 Å². The van der Waals surface area contributed by atoms with E-state index in [1.165, 1.54) is 0 Å². The molecule has 2 rings (SSSR count). The van der Waals surface area contributed by atoms with Crippen LogP contribution in [-0.2, 0) is 14.4 Å². The van der Waals surface area contributed by atoms with Gasteiger partial charge in [-0.25, -0.2) is 9.59 Å². The van der Waals surface area contributed by atoms with Crippen molar-refractivity contribution in [2.75, 3.05) is 0 Å². The maximum Gasteiger partial charge on any atom is 0.336 e. The normalized spacial score (nSPS) is 11.9. The number of carbonyl (C=O) groups excluding carboxylic acids is 1. The van der Waals surface area contributed by atoms with Gasteiger partial charge in [0.05, 0.1) is 11.1 Å². The van der Waals surface area contributed by atoms with E-state index in [-0.39, 0.29) is 23.4 Å². The Kier molecular flexibility index (Phi) is 4.91. The summed E-state index contributed by atoms with van der Waals surface area (Å²) in [6.45, 7) is 1.61. The van der Waals surface area contributed by atoms with Crippen LogP contribution in [0.15, 0.2) is 48.0 Å². The molecular weight excluding hydrogens is 296 g/mol. The maximum absolute atomic E-state index is 11.7. The molecule has 2 aromatic carbocycles. The molecule has 0 spiro atoms. The van der Waals surface area contributed by atoms with Crippen molar-refractivity contribution in [2.45, 2.75) is 19.8 Å². The molecule has 5 nitrogen and oxygen atoms in total. The Balaban J connectivity index is 2.77. The van der Waals surface area contributed by atoms with Gasteiger partial charge in [0.15, 0.2) is 0 Å². The summed E-state index contributed by atoms with van der Waals surface area (Å²) in [6, 6.07) is 12.2. The zero-order valence-electron chi connectivity index (χ0n) is 12.6. The van der Waals surface area contributed by atoms with Gasteiger partial charge < -0.3 is 10.2 Å². The van der Waals surface area contributed by atoms with Gasteiger partial charge in [-0.05, 0) is 16.3 Å². The highest BCUT2D eigenvalue weighted by Gasteiger charge is 2.24. The fourth-order valence-electron chi connectivity index (χ4n) is 2.44. The number of carbonyl (C=O) groups is 3. The molecular formula is C18H16O5. The minimum Gasteiger partial charge on any atom is -0.478 e. The molecule has 0 atom stereocenters. The van der Waals surface area contributed by atoms with Gasteiger partial charge in [0.25, 0.3) is 0 Å². The Labute approximate surface area is 132 Å². The summed E-state index contributed by atoms with van der Waals surface area (Å²) in [6.07, 6.45) is -0.254. The number of ketones is 1. The van der Waals surface area contributed by atoms with Crippen molar-refractivity contribution < 1.29 is 24.6 Å². The number of hydrogen-bond acceptors (Lipinski definition) is 3. The van der Waals surface area contributed by atoms with Gasteiger partial charge in [-0.3, -0.25) is 4.79 Å². The predicted octanol–water partition coefficient (Wildman–Crippen LogP) is 3.13. The van der Waals surface area contributed by atoms with Crippen molar-refractivity contribution >= 4 is 34.1 Å². The van der Waals surface area contributed by atoms with Crippen LogP contribution in [-0.4, -0.2) is 27.9 Å². The second kappa shape index (κ2) is 6.87. The van der Waals surface area contributed by atoms with Gasteiger partial charge in [0.1, 0.15) is 5.78 Å². The molecule has 0 aromatic heterocycles. The molecule has 0 heterocycles. The second-order valence-electron chi connectivity index (χ2n) is 5.06. The number of carboxylic acids is 2. The highest BCUT2D eigenvalue weighted by atomic mass is 16.4. The van der Waals surface area contributed by atoms with E-state index in [0.717, 1.165) is 5.39 Å². The average Bonchev–Trinajstić information content (AvgIpc) is 2.53. The summed E-state index contributed by atoms with van der Waals surface area (Å²) in [4.78, 5) is 34.9. The van der Waals surface area contributed by atoms with E-state index in [1.807, 2.05) is 18.2 Å². The number of benzene rings is 2. The van der Waals surface area contributed by atoms with Crippen LogP contribution >= 0.6 is 0 Å². The first-order valence-corrected chi connectivity index (χ1v) is 7.15. The SMILES string of the molecule is CCC(=O)C/C(C(=O)O)=C(\C(=O)O)c1cccc2ccccc12. The Bertz CT molecular complexity index is 812. The van der Waals surface area contributed by atoms with Gasteiger partial charge in [-0.2, -0.15) is 0 Å². The van der Waals surface area contributed by atoms with Crippen LogP contribution in [0.4, 0.5) is 0 Å². The summed E-state index contributed by atoms with van der Waals surface area (Å²) >= 11 is 0. The molecule has 0 radical (unpaired) electrons. The lowest BCUT2D eigenvalue weighted by Gasteiger charge is -2.11. The monoisotopic (exact) mass is 312 g/mol. The van der Waals surface area contributed by atoms with Crippen LogP contribution in [0.25, 0.3) is 16.3 Å². The van der Waals surface area contributed by atoms with Crippen LogP contribution in [0, 0.1) is 0 Å². The number of Topliss-reactive ketones (excluding diaryl/α,β-unsaturated/α-hetero) is 1. The first-order chi connectivity index (χ1) is 11.0. The van der Waals surface area contributed by atoms with Crippen LogP contribution in [0.3, 0.4) is 0 Å².